The summed E-state index contributed by atoms with van der Waals surface area (Å²) >= 11 is 0. The van der Waals surface area contributed by atoms with Crippen molar-refractivity contribution in [3.05, 3.63) is 36.0 Å². The number of amides is 1. The van der Waals surface area contributed by atoms with Gasteiger partial charge in [-0.3, -0.25) is 4.79 Å². The summed E-state index contributed by atoms with van der Waals surface area (Å²) in [4.78, 5) is 26.4. The fourth-order valence-electron chi connectivity index (χ4n) is 2.81. The Kier molecular flexibility index (Phi) is 3.22. The highest BCUT2D eigenvalue weighted by Gasteiger charge is 2.18. The van der Waals surface area contributed by atoms with Gasteiger partial charge >= 0.3 is 0 Å². The molecule has 0 saturated carbocycles. The third-order valence-electron chi connectivity index (χ3n) is 3.98. The Balaban J connectivity index is 1.66. The number of anilines is 2. The molecule has 0 aliphatic carbocycles. The second-order valence-electron chi connectivity index (χ2n) is 5.63. The topological polar surface area (TPSA) is 91.2 Å². The van der Waals surface area contributed by atoms with Crippen molar-refractivity contribution in [1.29, 1.82) is 0 Å². The maximum absolute atomic E-state index is 12.5. The molecule has 4 rings (SSSR count). The van der Waals surface area contributed by atoms with Gasteiger partial charge in [-0.15, -0.1) is 0 Å². The van der Waals surface area contributed by atoms with Crippen LogP contribution in [0.2, 0.25) is 0 Å². The average molecular weight is 311 g/mol. The second-order valence-corrected chi connectivity index (χ2v) is 5.63. The van der Waals surface area contributed by atoms with E-state index in [2.05, 4.69) is 30.3 Å². The van der Waals surface area contributed by atoms with Crippen LogP contribution in [-0.4, -0.2) is 43.6 Å². The Bertz CT molecular complexity index is 860. The zero-order valence-corrected chi connectivity index (χ0v) is 12.8. The molecule has 0 spiro atoms. The molecule has 1 amide bonds. The fourth-order valence-corrected chi connectivity index (χ4v) is 2.81. The Morgan fingerprint density at radius 2 is 2.13 bits per heavy atom. The Hall–Kier alpha value is -2.90. The van der Waals surface area contributed by atoms with Crippen LogP contribution in [0.4, 0.5) is 11.6 Å². The molecule has 0 aromatic carbocycles. The molecule has 1 aliphatic heterocycles. The predicted molar refractivity (Wildman–Crippen MR) is 85.7 cm³/mol. The number of nitrogens with zero attached hydrogens (tertiary/aromatic N) is 5. The Morgan fingerprint density at radius 1 is 1.30 bits per heavy atom. The largest absolute Gasteiger partial charge is 0.357 e. The van der Waals surface area contributed by atoms with Gasteiger partial charge < -0.3 is 15.2 Å². The van der Waals surface area contributed by atoms with Gasteiger partial charge in [0.05, 0.1) is 6.20 Å². The summed E-state index contributed by atoms with van der Waals surface area (Å²) in [5, 5.41) is 6.96. The first-order chi connectivity index (χ1) is 11.2. The van der Waals surface area contributed by atoms with Crippen LogP contribution in [0.25, 0.3) is 5.65 Å². The van der Waals surface area contributed by atoms with Crippen molar-refractivity contribution in [1.82, 2.24) is 24.6 Å². The number of hydrogen-bond donors (Lipinski definition) is 2. The lowest BCUT2D eigenvalue weighted by molar-refractivity contribution is 0.102. The van der Waals surface area contributed by atoms with E-state index in [4.69, 9.17) is 0 Å². The maximum atomic E-state index is 12.5. The molecule has 8 heteroatoms. The molecule has 3 aromatic heterocycles. The number of imidazole rings is 1. The number of carbonyl (C=O) groups is 1. The summed E-state index contributed by atoms with van der Waals surface area (Å²) in [6, 6.07) is 1.93. The van der Waals surface area contributed by atoms with E-state index < -0.39 is 0 Å². The lowest BCUT2D eigenvalue weighted by Gasteiger charge is -2.16. The van der Waals surface area contributed by atoms with Crippen molar-refractivity contribution in [3.63, 3.8) is 0 Å². The molecule has 3 aromatic rings. The number of rotatable bonds is 3. The molecule has 1 fully saturated rings. The SMILES string of the molecule is Cc1nc(NC(=O)c2cnn3ccc(N4CCCC4)nc23)c[nH]1. The number of nitrogens with one attached hydrogen (secondary N) is 2. The van der Waals surface area contributed by atoms with Crippen LogP contribution in [-0.2, 0) is 0 Å². The summed E-state index contributed by atoms with van der Waals surface area (Å²) in [5.74, 6) is 1.86. The fraction of sp³-hybridized carbons (Fsp3) is 0.333. The molecule has 0 radical (unpaired) electrons. The lowest BCUT2D eigenvalue weighted by Crippen LogP contribution is -2.19. The number of H-pyrrole nitrogens is 1. The van der Waals surface area contributed by atoms with Crippen LogP contribution in [0.15, 0.2) is 24.7 Å². The Morgan fingerprint density at radius 3 is 2.87 bits per heavy atom. The smallest absolute Gasteiger partial charge is 0.262 e. The minimum Gasteiger partial charge on any atom is -0.357 e. The number of aromatic amines is 1. The van der Waals surface area contributed by atoms with E-state index >= 15 is 0 Å². The highest BCUT2D eigenvalue weighted by molar-refractivity contribution is 6.07. The van der Waals surface area contributed by atoms with Crippen molar-refractivity contribution >= 4 is 23.2 Å². The van der Waals surface area contributed by atoms with Crippen LogP contribution < -0.4 is 10.2 Å². The summed E-state index contributed by atoms with van der Waals surface area (Å²) in [5.41, 5.74) is 0.992. The van der Waals surface area contributed by atoms with Gasteiger partial charge in [0.1, 0.15) is 17.2 Å². The molecule has 1 saturated heterocycles. The van der Waals surface area contributed by atoms with E-state index in [-0.39, 0.29) is 5.91 Å². The Labute approximate surface area is 132 Å². The molecule has 1 aliphatic rings. The van der Waals surface area contributed by atoms with Gasteiger partial charge in [-0.2, -0.15) is 5.10 Å². The van der Waals surface area contributed by atoms with Crippen molar-refractivity contribution in [2.24, 2.45) is 0 Å². The van der Waals surface area contributed by atoms with E-state index in [1.807, 2.05) is 19.2 Å². The zero-order chi connectivity index (χ0) is 15.8. The zero-order valence-electron chi connectivity index (χ0n) is 12.8. The normalized spacial score (nSPS) is 14.6. The average Bonchev–Trinajstić information content (AvgIpc) is 3.26. The first-order valence-electron chi connectivity index (χ1n) is 7.63. The van der Waals surface area contributed by atoms with Crippen molar-refractivity contribution < 1.29 is 4.79 Å². The van der Waals surface area contributed by atoms with Crippen LogP contribution in [0.1, 0.15) is 29.0 Å². The molecule has 0 unspecified atom stereocenters. The minimum atomic E-state index is -0.266. The van der Waals surface area contributed by atoms with E-state index in [0.717, 1.165) is 24.7 Å². The second kappa shape index (κ2) is 5.38. The highest BCUT2D eigenvalue weighted by Crippen LogP contribution is 2.20. The van der Waals surface area contributed by atoms with Gasteiger partial charge in [0.15, 0.2) is 11.5 Å². The van der Waals surface area contributed by atoms with Crippen LogP contribution in [0.5, 0.6) is 0 Å². The summed E-state index contributed by atoms with van der Waals surface area (Å²) in [6.45, 7) is 3.84. The molecular formula is C15H17N7O. The molecule has 8 nitrogen and oxygen atoms in total. The quantitative estimate of drug-likeness (QED) is 0.767. The number of aryl methyl sites for hydroxylation is 1. The van der Waals surface area contributed by atoms with E-state index in [1.54, 1.807) is 10.7 Å². The van der Waals surface area contributed by atoms with Gasteiger partial charge in [0, 0.05) is 25.5 Å². The molecule has 4 heterocycles. The van der Waals surface area contributed by atoms with Gasteiger partial charge in [-0.25, -0.2) is 14.5 Å². The monoisotopic (exact) mass is 311 g/mol. The molecule has 0 atom stereocenters. The standard InChI is InChI=1S/C15H17N7O/c1-10-16-9-12(18-10)19-15(23)11-8-17-22-7-4-13(20-14(11)22)21-5-2-3-6-21/h4,7-9H,2-3,5-6H2,1H3,(H,16,18)(H,19,23). The van der Waals surface area contributed by atoms with Gasteiger partial charge in [0.25, 0.3) is 5.91 Å². The minimum absolute atomic E-state index is 0.266. The predicted octanol–water partition coefficient (Wildman–Crippen LogP) is 1.61. The van der Waals surface area contributed by atoms with Crippen LogP contribution >= 0.6 is 0 Å². The molecule has 118 valence electrons. The first-order valence-corrected chi connectivity index (χ1v) is 7.63. The number of aromatic nitrogens is 5. The third kappa shape index (κ3) is 2.52. The maximum Gasteiger partial charge on any atom is 0.262 e. The van der Waals surface area contributed by atoms with E-state index in [9.17, 15) is 4.79 Å². The lowest BCUT2D eigenvalue weighted by atomic mass is 10.3. The number of carbonyl (C=O) groups excluding carboxylic acids is 1. The van der Waals surface area contributed by atoms with Gasteiger partial charge in [-0.05, 0) is 25.8 Å². The summed E-state index contributed by atoms with van der Waals surface area (Å²) < 4.78 is 1.62. The molecule has 23 heavy (non-hydrogen) atoms. The van der Waals surface area contributed by atoms with E-state index in [1.165, 1.54) is 19.0 Å². The highest BCUT2D eigenvalue weighted by atomic mass is 16.1. The van der Waals surface area contributed by atoms with Crippen LogP contribution in [0.3, 0.4) is 0 Å². The first kappa shape index (κ1) is 13.7. The van der Waals surface area contributed by atoms with Gasteiger partial charge in [-0.1, -0.05) is 0 Å². The summed E-state index contributed by atoms with van der Waals surface area (Å²) in [6.07, 6.45) is 7.38. The summed E-state index contributed by atoms with van der Waals surface area (Å²) in [7, 11) is 0. The number of hydrogen-bond acceptors (Lipinski definition) is 5. The van der Waals surface area contributed by atoms with Crippen molar-refractivity contribution in [3.8, 4) is 0 Å². The van der Waals surface area contributed by atoms with Crippen LogP contribution in [0, 0.1) is 6.92 Å². The molecular weight excluding hydrogens is 294 g/mol. The van der Waals surface area contributed by atoms with E-state index in [0.29, 0.717) is 17.0 Å². The van der Waals surface area contributed by atoms with Gasteiger partial charge in [0.2, 0.25) is 0 Å². The molecule has 2 N–H and O–H groups in total. The third-order valence-corrected chi connectivity index (χ3v) is 3.98. The number of fused-ring (bicyclic) bond motifs is 1. The van der Waals surface area contributed by atoms with Crippen molar-refractivity contribution in [2.45, 2.75) is 19.8 Å². The molecule has 0 bridgehead atoms. The van der Waals surface area contributed by atoms with Crippen molar-refractivity contribution in [2.75, 3.05) is 23.3 Å².